The number of rotatable bonds is 6. The Hall–Kier alpha value is -2.71. The van der Waals surface area contributed by atoms with Crippen molar-refractivity contribution in [3.8, 4) is 0 Å². The molecule has 1 aliphatic heterocycles. The molecule has 2 atom stereocenters. The lowest BCUT2D eigenvalue weighted by atomic mass is 10.0. The second-order valence-corrected chi connectivity index (χ2v) is 11.2. The Kier molecular flexibility index (Phi) is 6.59. The quantitative estimate of drug-likeness (QED) is 0.554. The second kappa shape index (κ2) is 9.27. The molecule has 8 heteroatoms. The van der Waals surface area contributed by atoms with Crippen molar-refractivity contribution in [2.75, 3.05) is 6.54 Å². The van der Waals surface area contributed by atoms with Crippen molar-refractivity contribution in [2.45, 2.75) is 63.9 Å². The molecule has 2 unspecified atom stereocenters. The van der Waals surface area contributed by atoms with E-state index in [9.17, 15) is 13.2 Å². The number of aromatic nitrogens is 2. The maximum Gasteiger partial charge on any atom is 0.252 e. The van der Waals surface area contributed by atoms with Gasteiger partial charge in [0.1, 0.15) is 5.82 Å². The summed E-state index contributed by atoms with van der Waals surface area (Å²) in [5.41, 5.74) is 2.84. The molecule has 0 aliphatic carbocycles. The smallest absolute Gasteiger partial charge is 0.252 e. The van der Waals surface area contributed by atoms with Crippen molar-refractivity contribution in [3.05, 3.63) is 59.4 Å². The normalized spacial score (nSPS) is 18.5. The number of aryl methyl sites for hydroxylation is 1. The van der Waals surface area contributed by atoms with Gasteiger partial charge >= 0.3 is 0 Å². The van der Waals surface area contributed by atoms with Gasteiger partial charge in [-0.25, -0.2) is 13.4 Å². The highest BCUT2D eigenvalue weighted by Gasteiger charge is 2.32. The minimum Gasteiger partial charge on any atom is -0.342 e. The number of sulfonamides is 1. The molecule has 4 rings (SSSR count). The Morgan fingerprint density at radius 1 is 1.18 bits per heavy atom. The largest absolute Gasteiger partial charge is 0.342 e. The molecular formula is C25H32N4O3S. The standard InChI is InChI=1S/C25H32N4O3S/c1-16(2)23(24-26-21-10-5-6-11-22(21)27-24)28-25(30)20-15-19(13-12-17(20)3)33(31,32)29-14-8-7-9-18(29)4/h5-6,10-13,15-16,18,23H,7-9,14H2,1-4H3,(H,26,27)(H,28,30). The number of hydrogen-bond acceptors (Lipinski definition) is 4. The second-order valence-electron chi connectivity index (χ2n) is 9.27. The summed E-state index contributed by atoms with van der Waals surface area (Å²) in [5, 5.41) is 3.08. The fraction of sp³-hybridized carbons (Fsp3) is 0.440. The van der Waals surface area contributed by atoms with Crippen LogP contribution in [-0.2, 0) is 10.0 Å². The van der Waals surface area contributed by atoms with E-state index in [4.69, 9.17) is 0 Å². The number of nitrogens with one attached hydrogen (secondary N) is 2. The number of imidazole rings is 1. The Labute approximate surface area is 195 Å². The lowest BCUT2D eigenvalue weighted by Crippen LogP contribution is -2.42. The number of fused-ring (bicyclic) bond motifs is 1. The molecule has 0 saturated carbocycles. The number of hydrogen-bond donors (Lipinski definition) is 2. The number of carbonyl (C=O) groups excluding carboxylic acids is 1. The van der Waals surface area contributed by atoms with Crippen molar-refractivity contribution in [3.63, 3.8) is 0 Å². The van der Waals surface area contributed by atoms with Crippen LogP contribution in [0.25, 0.3) is 11.0 Å². The fourth-order valence-corrected chi connectivity index (χ4v) is 6.19. The first-order chi connectivity index (χ1) is 15.7. The molecule has 0 spiro atoms. The number of benzene rings is 2. The van der Waals surface area contributed by atoms with Crippen LogP contribution >= 0.6 is 0 Å². The fourth-order valence-electron chi connectivity index (χ4n) is 4.46. The summed E-state index contributed by atoms with van der Waals surface area (Å²) in [6, 6.07) is 12.2. The molecule has 0 bridgehead atoms. The van der Waals surface area contributed by atoms with Gasteiger partial charge in [0, 0.05) is 18.2 Å². The molecule has 3 aromatic rings. The summed E-state index contributed by atoms with van der Waals surface area (Å²) in [4.78, 5) is 21.5. The van der Waals surface area contributed by atoms with E-state index in [0.29, 0.717) is 17.9 Å². The van der Waals surface area contributed by atoms with E-state index in [1.165, 1.54) is 6.07 Å². The number of piperidine rings is 1. The molecule has 7 nitrogen and oxygen atoms in total. The third-order valence-electron chi connectivity index (χ3n) is 6.46. The Morgan fingerprint density at radius 2 is 1.94 bits per heavy atom. The van der Waals surface area contributed by atoms with Crippen molar-refractivity contribution in [2.24, 2.45) is 5.92 Å². The summed E-state index contributed by atoms with van der Waals surface area (Å²) in [6.45, 7) is 8.31. The number of carbonyl (C=O) groups is 1. The average Bonchev–Trinajstić information content (AvgIpc) is 3.21. The third-order valence-corrected chi connectivity index (χ3v) is 8.47. The van der Waals surface area contributed by atoms with E-state index in [2.05, 4.69) is 15.3 Å². The number of H-pyrrole nitrogens is 1. The first kappa shape index (κ1) is 23.4. The lowest BCUT2D eigenvalue weighted by molar-refractivity contribution is 0.0922. The maximum atomic E-state index is 13.3. The van der Waals surface area contributed by atoms with Crippen LogP contribution in [0.2, 0.25) is 0 Å². The number of nitrogens with zero attached hydrogens (tertiary/aromatic N) is 2. The minimum absolute atomic E-state index is 0.0410. The molecule has 2 N–H and O–H groups in total. The molecule has 176 valence electrons. The zero-order chi connectivity index (χ0) is 23.8. The van der Waals surface area contributed by atoms with E-state index in [1.807, 2.05) is 52.0 Å². The Bertz CT molecular complexity index is 1230. The van der Waals surface area contributed by atoms with Crippen LogP contribution in [0.5, 0.6) is 0 Å². The number of amides is 1. The topological polar surface area (TPSA) is 95.2 Å². The van der Waals surface area contributed by atoms with Crippen LogP contribution in [0.1, 0.15) is 67.8 Å². The van der Waals surface area contributed by atoms with Crippen LogP contribution in [0.15, 0.2) is 47.4 Å². The van der Waals surface area contributed by atoms with E-state index in [0.717, 1.165) is 35.9 Å². The van der Waals surface area contributed by atoms with Crippen molar-refractivity contribution >= 4 is 27.0 Å². The van der Waals surface area contributed by atoms with Gasteiger partial charge in [0.05, 0.1) is 22.0 Å². The van der Waals surface area contributed by atoms with Crippen LogP contribution < -0.4 is 5.32 Å². The molecule has 1 fully saturated rings. The molecule has 1 saturated heterocycles. The van der Waals surface area contributed by atoms with E-state index >= 15 is 0 Å². The third kappa shape index (κ3) is 4.68. The number of aromatic amines is 1. The van der Waals surface area contributed by atoms with Crippen LogP contribution in [-0.4, -0.2) is 41.2 Å². The first-order valence-corrected chi connectivity index (χ1v) is 13.0. The Balaban J connectivity index is 1.63. The summed E-state index contributed by atoms with van der Waals surface area (Å²) < 4.78 is 28.2. The van der Waals surface area contributed by atoms with Crippen LogP contribution in [0, 0.1) is 12.8 Å². The zero-order valence-electron chi connectivity index (χ0n) is 19.6. The first-order valence-electron chi connectivity index (χ1n) is 11.6. The molecule has 1 aromatic heterocycles. The number of para-hydroxylation sites is 2. The minimum atomic E-state index is -3.66. The molecule has 1 amide bonds. The van der Waals surface area contributed by atoms with Gasteiger partial charge in [-0.2, -0.15) is 4.31 Å². The van der Waals surface area contributed by atoms with E-state index in [1.54, 1.807) is 16.4 Å². The van der Waals surface area contributed by atoms with Crippen molar-refractivity contribution in [1.82, 2.24) is 19.6 Å². The van der Waals surface area contributed by atoms with Gasteiger partial charge in [-0.15, -0.1) is 0 Å². The van der Waals surface area contributed by atoms with E-state index < -0.39 is 10.0 Å². The van der Waals surface area contributed by atoms with Gasteiger partial charge in [0.15, 0.2) is 0 Å². The summed E-state index contributed by atoms with van der Waals surface area (Å²) >= 11 is 0. The SMILES string of the molecule is Cc1ccc(S(=O)(=O)N2CCCCC2C)cc1C(=O)NC(c1nc2ccccc2[nH]1)C(C)C. The molecular weight excluding hydrogens is 436 g/mol. The van der Waals surface area contributed by atoms with Crippen molar-refractivity contribution in [1.29, 1.82) is 0 Å². The molecule has 1 aliphatic rings. The molecule has 2 aromatic carbocycles. The van der Waals surface area contributed by atoms with Gasteiger partial charge in [0.2, 0.25) is 10.0 Å². The molecule has 33 heavy (non-hydrogen) atoms. The van der Waals surface area contributed by atoms with Gasteiger partial charge < -0.3 is 10.3 Å². The summed E-state index contributed by atoms with van der Waals surface area (Å²) in [6.07, 6.45) is 2.75. The highest BCUT2D eigenvalue weighted by molar-refractivity contribution is 7.89. The lowest BCUT2D eigenvalue weighted by Gasteiger charge is -2.32. The van der Waals surface area contributed by atoms with Crippen LogP contribution in [0.4, 0.5) is 0 Å². The highest BCUT2D eigenvalue weighted by atomic mass is 32.2. The summed E-state index contributed by atoms with van der Waals surface area (Å²) in [5.74, 6) is 0.453. The predicted octanol–water partition coefficient (Wildman–Crippen LogP) is 4.56. The average molecular weight is 469 g/mol. The highest BCUT2D eigenvalue weighted by Crippen LogP contribution is 2.27. The Morgan fingerprint density at radius 3 is 2.64 bits per heavy atom. The molecule has 0 radical (unpaired) electrons. The molecule has 2 heterocycles. The summed E-state index contributed by atoms with van der Waals surface area (Å²) in [7, 11) is -3.66. The van der Waals surface area contributed by atoms with Gasteiger partial charge in [-0.3, -0.25) is 4.79 Å². The van der Waals surface area contributed by atoms with Crippen LogP contribution in [0.3, 0.4) is 0 Å². The van der Waals surface area contributed by atoms with Gasteiger partial charge in [0.25, 0.3) is 5.91 Å². The predicted molar refractivity (Wildman–Crippen MR) is 130 cm³/mol. The van der Waals surface area contributed by atoms with Crippen molar-refractivity contribution < 1.29 is 13.2 Å². The maximum absolute atomic E-state index is 13.3. The van der Waals surface area contributed by atoms with Gasteiger partial charge in [-0.05, 0) is 62.4 Å². The zero-order valence-corrected chi connectivity index (χ0v) is 20.4. The monoisotopic (exact) mass is 468 g/mol. The van der Waals surface area contributed by atoms with E-state index in [-0.39, 0.29) is 28.8 Å². The van der Waals surface area contributed by atoms with Gasteiger partial charge in [-0.1, -0.05) is 38.5 Å².